The van der Waals surface area contributed by atoms with Crippen molar-refractivity contribution >= 4 is 37.8 Å². The number of piperazine rings is 1. The van der Waals surface area contributed by atoms with Crippen molar-refractivity contribution in [2.45, 2.75) is 33.8 Å². The third kappa shape index (κ3) is 5.75. The fraction of sp³-hybridized carbons (Fsp3) is 0.333. The number of hydrogen-bond acceptors (Lipinski definition) is 6. The van der Waals surface area contributed by atoms with Gasteiger partial charge in [-0.3, -0.25) is 4.21 Å². The molecule has 4 rings (SSSR count). The van der Waals surface area contributed by atoms with Crippen LogP contribution in [0.4, 0.5) is 23.2 Å². The minimum atomic E-state index is -4.87. The highest BCUT2D eigenvalue weighted by Crippen LogP contribution is 2.39. The molecular formula is C24H24F4N2O4S3. The van der Waals surface area contributed by atoms with Crippen LogP contribution < -0.4 is 4.90 Å². The van der Waals surface area contributed by atoms with Crippen molar-refractivity contribution < 1.29 is 35.3 Å². The number of thiophene rings is 1. The van der Waals surface area contributed by atoms with E-state index in [1.807, 2.05) is 0 Å². The van der Waals surface area contributed by atoms with Gasteiger partial charge < -0.3 is 10.0 Å². The zero-order valence-corrected chi connectivity index (χ0v) is 22.0. The summed E-state index contributed by atoms with van der Waals surface area (Å²) in [7, 11) is -5.48. The molecule has 0 spiro atoms. The van der Waals surface area contributed by atoms with Crippen molar-refractivity contribution in [3.63, 3.8) is 0 Å². The van der Waals surface area contributed by atoms with E-state index in [9.17, 15) is 35.3 Å². The van der Waals surface area contributed by atoms with E-state index in [4.69, 9.17) is 0 Å². The summed E-state index contributed by atoms with van der Waals surface area (Å²) < 4.78 is 94.4. The Labute approximate surface area is 218 Å². The molecule has 0 radical (unpaired) electrons. The van der Waals surface area contributed by atoms with E-state index in [1.54, 1.807) is 16.3 Å². The number of benzene rings is 2. The smallest absolute Gasteiger partial charge is 0.376 e. The molecule has 2 aromatic carbocycles. The number of anilines is 1. The van der Waals surface area contributed by atoms with Crippen LogP contribution in [0.3, 0.4) is 0 Å². The predicted octanol–water partition coefficient (Wildman–Crippen LogP) is 4.34. The largest absolute Gasteiger partial charge is 0.421 e. The minimum absolute atomic E-state index is 0.0245. The van der Waals surface area contributed by atoms with Gasteiger partial charge in [-0.25, -0.2) is 12.8 Å². The van der Waals surface area contributed by atoms with Gasteiger partial charge in [-0.2, -0.15) is 17.5 Å². The van der Waals surface area contributed by atoms with Crippen LogP contribution in [0, 0.1) is 5.82 Å². The van der Waals surface area contributed by atoms with Crippen molar-refractivity contribution in [1.82, 2.24) is 4.31 Å². The van der Waals surface area contributed by atoms with Crippen molar-refractivity contribution in [3.8, 4) is 0 Å². The fourth-order valence-corrected chi connectivity index (χ4v) is 8.00. The van der Waals surface area contributed by atoms with Gasteiger partial charge in [0, 0.05) is 36.0 Å². The lowest BCUT2D eigenvalue weighted by molar-refractivity contribution is -0.258. The van der Waals surface area contributed by atoms with Gasteiger partial charge in [-0.1, -0.05) is 24.3 Å². The SMILES string of the molecule is CC(O)(c1ccc(N2CCN(S(=O)(=O)c3cccs3)C[C@@H]2CS(=O)c2cccc(F)c2)cc1)C(F)(F)F. The van der Waals surface area contributed by atoms with Gasteiger partial charge >= 0.3 is 6.18 Å². The standard InChI is InChI=1S/C24H24F4N2O4S3/c1-23(31,24(26,27)28)17-7-9-19(10-8-17)30-12-11-29(37(33,34)22-6-3-13-35-22)15-20(30)16-36(32)21-5-2-4-18(25)14-21/h2-10,13-14,20,31H,11-12,15-16H2,1H3/t20-,23?,36?/m1/s1. The quantitative estimate of drug-likeness (QED) is 0.424. The number of hydrogen-bond donors (Lipinski definition) is 1. The normalized spacial score (nSPS) is 19.9. The van der Waals surface area contributed by atoms with Crippen LogP contribution in [-0.4, -0.2) is 59.6 Å². The number of halogens is 4. The second-order valence-electron chi connectivity index (χ2n) is 8.73. The van der Waals surface area contributed by atoms with E-state index in [0.29, 0.717) is 12.6 Å². The molecule has 6 nitrogen and oxygen atoms in total. The van der Waals surface area contributed by atoms with Crippen LogP contribution in [0.5, 0.6) is 0 Å². The first-order valence-electron chi connectivity index (χ1n) is 11.1. The summed E-state index contributed by atoms with van der Waals surface area (Å²) >= 11 is 1.08. The molecule has 200 valence electrons. The van der Waals surface area contributed by atoms with Gasteiger partial charge in [0.1, 0.15) is 10.0 Å². The highest BCUT2D eigenvalue weighted by Gasteiger charge is 2.51. The Morgan fingerprint density at radius 1 is 1.08 bits per heavy atom. The zero-order valence-electron chi connectivity index (χ0n) is 19.6. The Kier molecular flexibility index (Phi) is 7.82. The van der Waals surface area contributed by atoms with Crippen LogP contribution in [0.2, 0.25) is 0 Å². The molecule has 1 saturated heterocycles. The Hall–Kier alpha value is -2.32. The average Bonchev–Trinajstić information content (AvgIpc) is 3.39. The summed E-state index contributed by atoms with van der Waals surface area (Å²) in [5, 5.41) is 11.6. The lowest BCUT2D eigenvalue weighted by Crippen LogP contribution is -2.56. The van der Waals surface area contributed by atoms with E-state index in [2.05, 4.69) is 0 Å². The maximum absolute atomic E-state index is 13.7. The molecule has 0 bridgehead atoms. The Balaban J connectivity index is 1.64. The van der Waals surface area contributed by atoms with Gasteiger partial charge in [0.25, 0.3) is 10.0 Å². The van der Waals surface area contributed by atoms with E-state index in [0.717, 1.165) is 29.5 Å². The molecule has 2 heterocycles. The molecule has 37 heavy (non-hydrogen) atoms. The molecule has 2 unspecified atom stereocenters. The van der Waals surface area contributed by atoms with Crippen LogP contribution >= 0.6 is 11.3 Å². The van der Waals surface area contributed by atoms with E-state index in [1.165, 1.54) is 40.7 Å². The van der Waals surface area contributed by atoms with E-state index in [-0.39, 0.29) is 40.1 Å². The van der Waals surface area contributed by atoms with Gasteiger partial charge in [0.2, 0.25) is 0 Å². The van der Waals surface area contributed by atoms with Crippen LogP contribution in [-0.2, 0) is 26.4 Å². The summed E-state index contributed by atoms with van der Waals surface area (Å²) in [5.41, 5.74) is -2.91. The summed E-state index contributed by atoms with van der Waals surface area (Å²) in [6.07, 6.45) is -4.87. The predicted molar refractivity (Wildman–Crippen MR) is 134 cm³/mol. The average molecular weight is 577 g/mol. The molecule has 1 aromatic heterocycles. The summed E-state index contributed by atoms with van der Waals surface area (Å²) in [4.78, 5) is 2.03. The Morgan fingerprint density at radius 2 is 1.78 bits per heavy atom. The van der Waals surface area contributed by atoms with Crippen molar-refractivity contribution in [2.75, 3.05) is 30.3 Å². The van der Waals surface area contributed by atoms with E-state index < -0.39 is 44.5 Å². The second-order valence-corrected chi connectivity index (χ2v) is 13.3. The molecule has 1 N–H and O–H groups in total. The molecule has 1 aliphatic heterocycles. The van der Waals surface area contributed by atoms with E-state index >= 15 is 0 Å². The monoisotopic (exact) mass is 576 g/mol. The molecule has 1 aliphatic rings. The first-order valence-corrected chi connectivity index (χ1v) is 14.8. The van der Waals surface area contributed by atoms with Gasteiger partial charge in [-0.05, 0) is 54.3 Å². The summed E-state index contributed by atoms with van der Waals surface area (Å²) in [5.74, 6) is -0.595. The molecule has 0 aliphatic carbocycles. The van der Waals surface area contributed by atoms with Crippen molar-refractivity contribution in [3.05, 3.63) is 77.4 Å². The zero-order chi connectivity index (χ0) is 27.0. The number of sulfonamides is 1. The van der Waals surface area contributed by atoms with Gasteiger partial charge in [0.15, 0.2) is 5.60 Å². The highest BCUT2D eigenvalue weighted by atomic mass is 32.2. The Morgan fingerprint density at radius 3 is 2.38 bits per heavy atom. The first kappa shape index (κ1) is 27.7. The van der Waals surface area contributed by atoms with Crippen LogP contribution in [0.1, 0.15) is 12.5 Å². The first-order chi connectivity index (χ1) is 17.3. The summed E-state index contributed by atoms with van der Waals surface area (Å²) in [6.45, 7) is 0.931. The molecule has 3 atom stereocenters. The lowest BCUT2D eigenvalue weighted by atomic mass is 9.95. The number of rotatable bonds is 7. The second kappa shape index (κ2) is 10.4. The number of nitrogens with zero attached hydrogens (tertiary/aromatic N) is 2. The molecule has 0 amide bonds. The highest BCUT2D eigenvalue weighted by molar-refractivity contribution is 7.91. The van der Waals surface area contributed by atoms with Crippen LogP contribution in [0.15, 0.2) is 75.1 Å². The molecular weight excluding hydrogens is 552 g/mol. The molecule has 0 saturated carbocycles. The minimum Gasteiger partial charge on any atom is -0.376 e. The fourth-order valence-electron chi connectivity index (χ4n) is 4.09. The maximum Gasteiger partial charge on any atom is 0.421 e. The van der Waals surface area contributed by atoms with Crippen molar-refractivity contribution in [1.29, 1.82) is 0 Å². The number of aliphatic hydroxyl groups is 1. The van der Waals surface area contributed by atoms with Gasteiger partial charge in [-0.15, -0.1) is 11.3 Å². The molecule has 1 fully saturated rings. The van der Waals surface area contributed by atoms with Crippen LogP contribution in [0.25, 0.3) is 0 Å². The lowest BCUT2D eigenvalue weighted by Gasteiger charge is -2.42. The molecule has 3 aromatic rings. The third-order valence-corrected chi connectivity index (χ3v) is 11.0. The Bertz CT molecular complexity index is 1360. The molecule has 13 heteroatoms. The topological polar surface area (TPSA) is 77.9 Å². The summed E-state index contributed by atoms with van der Waals surface area (Å²) in [6, 6.07) is 13.0. The third-order valence-electron chi connectivity index (χ3n) is 6.25. The van der Waals surface area contributed by atoms with Gasteiger partial charge in [0.05, 0.1) is 16.8 Å². The maximum atomic E-state index is 13.7. The van der Waals surface area contributed by atoms with Crippen molar-refractivity contribution in [2.24, 2.45) is 0 Å². The number of alkyl halides is 3.